The Bertz CT molecular complexity index is 2660. The van der Waals surface area contributed by atoms with Crippen molar-refractivity contribution in [2.24, 2.45) is 39.9 Å². The lowest BCUT2D eigenvalue weighted by Gasteiger charge is -2.58. The van der Waals surface area contributed by atoms with Crippen molar-refractivity contribution in [3.05, 3.63) is 84.1 Å². The fourth-order valence-corrected chi connectivity index (χ4v) is 12.8. The Morgan fingerprint density at radius 2 is 1.69 bits per heavy atom. The van der Waals surface area contributed by atoms with E-state index >= 15 is 0 Å². The van der Waals surface area contributed by atoms with Crippen LogP contribution in [0.5, 0.6) is 5.75 Å². The van der Waals surface area contributed by atoms with Gasteiger partial charge in [0.25, 0.3) is 0 Å². The van der Waals surface area contributed by atoms with E-state index in [9.17, 15) is 29.1 Å². The first kappa shape index (κ1) is 48.9. The zero-order valence-corrected chi connectivity index (χ0v) is 41.2. The number of aliphatic hydroxyl groups is 1. The van der Waals surface area contributed by atoms with E-state index in [1.165, 1.54) is 4.90 Å². The van der Waals surface area contributed by atoms with Crippen LogP contribution in [0.3, 0.4) is 0 Å². The third-order valence-corrected chi connectivity index (χ3v) is 16.6. The monoisotopic (exact) mass is 957 g/mol. The third kappa shape index (κ3) is 9.56. The van der Waals surface area contributed by atoms with Gasteiger partial charge in [-0.25, -0.2) is 0 Å². The van der Waals surface area contributed by atoms with Crippen molar-refractivity contribution in [2.75, 3.05) is 31.7 Å². The van der Waals surface area contributed by atoms with Gasteiger partial charge in [-0.2, -0.15) is 15.4 Å². The maximum absolute atomic E-state index is 14.3. The molecule has 5 aliphatic rings. The number of ether oxygens (including phenoxy) is 2. The van der Waals surface area contributed by atoms with Crippen molar-refractivity contribution < 1.29 is 38.6 Å². The van der Waals surface area contributed by atoms with Crippen LogP contribution in [0.4, 0.5) is 5.69 Å². The zero-order chi connectivity index (χ0) is 49.5. The van der Waals surface area contributed by atoms with Gasteiger partial charge in [-0.3, -0.25) is 24.0 Å². The van der Waals surface area contributed by atoms with Crippen molar-refractivity contribution in [3.8, 4) is 17.0 Å². The number of aliphatic hydroxyl groups excluding tert-OH is 1. The second-order valence-electron chi connectivity index (χ2n) is 21.9. The largest absolute Gasteiger partial charge is 0.491 e. The lowest BCUT2D eigenvalue weighted by atomic mass is 9.48. The summed E-state index contributed by atoms with van der Waals surface area (Å²) in [5.41, 5.74) is 3.12. The van der Waals surface area contributed by atoms with E-state index in [1.54, 1.807) is 6.08 Å². The van der Waals surface area contributed by atoms with Crippen LogP contribution < -0.4 is 26.0 Å². The first-order valence-corrected chi connectivity index (χ1v) is 25.0. The fourth-order valence-electron chi connectivity index (χ4n) is 12.8. The molecule has 1 saturated heterocycles. The molecule has 70 heavy (non-hydrogen) atoms. The quantitative estimate of drug-likeness (QED) is 0.0812. The first-order chi connectivity index (χ1) is 33.4. The summed E-state index contributed by atoms with van der Waals surface area (Å²) in [6.07, 6.45) is 9.06. The Labute approximate surface area is 409 Å². The number of benzene rings is 3. The molecule has 3 saturated carbocycles. The second kappa shape index (κ2) is 19.6. The molecule has 372 valence electrons. The van der Waals surface area contributed by atoms with Crippen LogP contribution in [0.25, 0.3) is 22.0 Å². The molecular formula is C54H68N8O8. The normalized spacial score (nSPS) is 28.5. The maximum Gasteiger partial charge on any atom is 0.246 e. The molecule has 2 aliphatic heterocycles. The molecule has 0 unspecified atom stereocenters. The van der Waals surface area contributed by atoms with Crippen LogP contribution in [-0.4, -0.2) is 106 Å². The van der Waals surface area contributed by atoms with Gasteiger partial charge in [0.05, 0.1) is 18.4 Å². The molecule has 16 heteroatoms. The van der Waals surface area contributed by atoms with Gasteiger partial charge in [0.2, 0.25) is 29.5 Å². The molecule has 3 aromatic carbocycles. The van der Waals surface area contributed by atoms with Gasteiger partial charge < -0.3 is 40.7 Å². The average molecular weight is 957 g/mol. The van der Waals surface area contributed by atoms with E-state index in [1.807, 2.05) is 88.4 Å². The number of nitrogens with zero attached hydrogens (tertiary/aromatic N) is 3. The predicted molar refractivity (Wildman–Crippen MR) is 264 cm³/mol. The number of rotatable bonds is 14. The van der Waals surface area contributed by atoms with E-state index in [2.05, 4.69) is 56.6 Å². The highest BCUT2D eigenvalue weighted by atomic mass is 16.5. The Morgan fingerprint density at radius 3 is 2.44 bits per heavy atom. The summed E-state index contributed by atoms with van der Waals surface area (Å²) < 4.78 is 11.9. The summed E-state index contributed by atoms with van der Waals surface area (Å²) in [5, 5.41) is 35.5. The number of hydrogen-bond acceptors (Lipinski definition) is 10. The number of amides is 5. The van der Waals surface area contributed by atoms with E-state index in [4.69, 9.17) is 9.47 Å². The predicted octanol–water partition coefficient (Wildman–Crippen LogP) is 5.99. The number of nitrogens with one attached hydrogen (secondary N) is 5. The minimum absolute atomic E-state index is 0.0105. The SMILES string of the molecule is Cc1n[nH]nc1-c1ccc(CNC(=O)[C@@H]2C[C@@H](O)CN2C(=O)[C@@H](NC(=O)COCCOc2cccc3c(NC(=O)[C@H]4CC[C@H]5[C@@H]6CC[C@H]7NC(=O)C=C[C@]7(C)[C@H]6CC[C@]45C)cccc23)C(C)(C)C)cc1. The Kier molecular flexibility index (Phi) is 13.7. The van der Waals surface area contributed by atoms with Gasteiger partial charge in [0.1, 0.15) is 36.7 Å². The minimum atomic E-state index is -0.999. The molecule has 3 aliphatic carbocycles. The molecule has 1 aromatic heterocycles. The Morgan fingerprint density at radius 1 is 0.914 bits per heavy atom. The summed E-state index contributed by atoms with van der Waals surface area (Å²) in [5.74, 6) is 0.716. The van der Waals surface area contributed by atoms with Gasteiger partial charge in [-0.05, 0) is 97.8 Å². The van der Waals surface area contributed by atoms with Gasteiger partial charge in [-0.1, -0.05) is 89.2 Å². The number of β-amino-alcohol motifs (C(OH)–C–C–N with tert-alkyl or cyclic N) is 1. The summed E-state index contributed by atoms with van der Waals surface area (Å²) in [7, 11) is 0. The number of likely N-dealkylation sites (tertiary alicyclic amines) is 1. The molecule has 6 N–H and O–H groups in total. The number of carbonyl (C=O) groups is 5. The number of aryl methyl sites for hydroxylation is 1. The molecular weight excluding hydrogens is 889 g/mol. The zero-order valence-electron chi connectivity index (χ0n) is 41.2. The maximum atomic E-state index is 14.3. The van der Waals surface area contributed by atoms with Crippen LogP contribution in [0.1, 0.15) is 90.8 Å². The van der Waals surface area contributed by atoms with Crippen molar-refractivity contribution in [1.82, 2.24) is 36.3 Å². The van der Waals surface area contributed by atoms with Crippen LogP contribution >= 0.6 is 0 Å². The summed E-state index contributed by atoms with van der Waals surface area (Å²) in [4.78, 5) is 68.8. The summed E-state index contributed by atoms with van der Waals surface area (Å²) >= 11 is 0. The molecule has 0 spiro atoms. The first-order valence-electron chi connectivity index (χ1n) is 25.0. The van der Waals surface area contributed by atoms with Gasteiger partial charge >= 0.3 is 0 Å². The van der Waals surface area contributed by atoms with Gasteiger partial charge in [-0.15, -0.1) is 0 Å². The third-order valence-electron chi connectivity index (χ3n) is 16.6. The van der Waals surface area contributed by atoms with E-state index in [0.29, 0.717) is 23.5 Å². The molecule has 3 heterocycles. The number of H-pyrrole nitrogens is 1. The topological polar surface area (TPSA) is 217 Å². The van der Waals surface area contributed by atoms with Crippen LogP contribution in [0.15, 0.2) is 72.8 Å². The van der Waals surface area contributed by atoms with E-state index < -0.39 is 41.3 Å². The highest BCUT2D eigenvalue weighted by molar-refractivity contribution is 6.05. The van der Waals surface area contributed by atoms with Crippen molar-refractivity contribution >= 4 is 46.0 Å². The van der Waals surface area contributed by atoms with E-state index in [0.717, 1.165) is 77.5 Å². The molecule has 0 bridgehead atoms. The lowest BCUT2D eigenvalue weighted by Crippen LogP contribution is -2.59. The minimum Gasteiger partial charge on any atom is -0.491 e. The highest BCUT2D eigenvalue weighted by Gasteiger charge is 2.61. The molecule has 5 amide bonds. The van der Waals surface area contributed by atoms with Gasteiger partial charge in [0, 0.05) is 58.9 Å². The van der Waals surface area contributed by atoms with Crippen LogP contribution in [0.2, 0.25) is 0 Å². The molecule has 10 atom stereocenters. The van der Waals surface area contributed by atoms with Crippen LogP contribution in [0, 0.1) is 46.8 Å². The van der Waals surface area contributed by atoms with Crippen molar-refractivity contribution in [2.45, 2.75) is 117 Å². The van der Waals surface area contributed by atoms with Crippen LogP contribution in [-0.2, 0) is 35.3 Å². The molecule has 4 fully saturated rings. The Hall–Kier alpha value is -6.13. The fraction of sp³-hybridized carbons (Fsp3) is 0.537. The van der Waals surface area contributed by atoms with Crippen molar-refractivity contribution in [1.29, 1.82) is 0 Å². The molecule has 4 aromatic rings. The highest BCUT2D eigenvalue weighted by Crippen LogP contribution is 2.65. The molecule has 16 nitrogen and oxygen atoms in total. The summed E-state index contributed by atoms with van der Waals surface area (Å²) in [6.45, 7) is 12.1. The van der Waals surface area contributed by atoms with Gasteiger partial charge in [0.15, 0.2) is 0 Å². The average Bonchev–Trinajstić information content (AvgIpc) is 4.05. The standard InChI is InChI=1S/C54H68N8O8/c1-31-47(60-61-59-31)33-15-13-32(14-16-33)28-55-50(67)42-27-34(63)29-62(42)51(68)48(52(2,3)4)58-46(65)30-69-25-26-70-43-12-8-9-35-36(43)10-7-11-41(35)56-49(66)40-19-18-38-37-17-20-44-54(6,24-22-45(64)57-44)39(37)21-23-53(38,40)5/h7-16,22,24,34,37-40,42,44,48,63H,17-21,23,25-30H2,1-6H3,(H,55,67)(H,56,66)(H,57,64)(H,58,65)(H,59,60,61)/t34-,37+,38+,39+,40-,42+,44-,48-,53+,54-/m1/s1. The molecule has 0 radical (unpaired) electrons. The number of carbonyl (C=O) groups excluding carboxylic acids is 5. The van der Waals surface area contributed by atoms with E-state index in [-0.39, 0.29) is 73.9 Å². The molecule has 9 rings (SSSR count). The number of aromatic nitrogens is 3. The lowest BCUT2D eigenvalue weighted by molar-refractivity contribution is -0.144. The Balaban J connectivity index is 0.759. The number of fused-ring (bicyclic) bond motifs is 6. The number of aromatic amines is 1. The van der Waals surface area contributed by atoms with Crippen molar-refractivity contribution in [3.63, 3.8) is 0 Å². The smallest absolute Gasteiger partial charge is 0.246 e. The second-order valence-corrected chi connectivity index (χ2v) is 21.9. The summed E-state index contributed by atoms with van der Waals surface area (Å²) in [6, 6.07) is 17.4. The number of hydrogen-bond donors (Lipinski definition) is 6. The number of anilines is 1.